The predicted octanol–water partition coefficient (Wildman–Crippen LogP) is 3.69. The van der Waals surface area contributed by atoms with Gasteiger partial charge in [-0.05, 0) is 48.2 Å². The average molecular weight is 437 g/mol. The van der Waals surface area contributed by atoms with Crippen molar-refractivity contribution in [3.05, 3.63) is 59.9 Å². The number of ether oxygens (including phenoxy) is 1. The van der Waals surface area contributed by atoms with Gasteiger partial charge in [0.25, 0.3) is 0 Å². The van der Waals surface area contributed by atoms with Gasteiger partial charge in [-0.25, -0.2) is 12.8 Å². The zero-order valence-electron chi connectivity index (χ0n) is 17.6. The summed E-state index contributed by atoms with van der Waals surface area (Å²) in [5.41, 5.74) is 1.61. The summed E-state index contributed by atoms with van der Waals surface area (Å²) in [5.74, 6) is 0.186. The molecular weight excluding hydrogens is 407 g/mol. The number of nitrogens with one attached hydrogen (secondary N) is 1. The molecule has 0 radical (unpaired) electrons. The standard InChI is InChI=1S/C22H29FN2O4S/c1-17(2)20-7-4-5-8-21(20)25(30(3,27)28)15-6-9-22(26)24-14-16-29-19-12-10-18(23)11-13-19/h4-5,7-8,10-13,17H,6,9,14-16H2,1-3H3,(H,24,26). The molecule has 1 amide bonds. The zero-order valence-corrected chi connectivity index (χ0v) is 18.4. The summed E-state index contributed by atoms with van der Waals surface area (Å²) in [6, 6.07) is 13.1. The van der Waals surface area contributed by atoms with Crippen molar-refractivity contribution in [1.82, 2.24) is 5.32 Å². The molecule has 0 aromatic heterocycles. The van der Waals surface area contributed by atoms with Gasteiger partial charge in [0.2, 0.25) is 15.9 Å². The molecule has 0 atom stereocenters. The number of carbonyl (C=O) groups is 1. The highest BCUT2D eigenvalue weighted by molar-refractivity contribution is 7.92. The highest BCUT2D eigenvalue weighted by Gasteiger charge is 2.21. The van der Waals surface area contributed by atoms with E-state index in [-0.39, 0.29) is 37.2 Å². The Morgan fingerprint density at radius 3 is 2.43 bits per heavy atom. The van der Waals surface area contributed by atoms with Gasteiger partial charge in [0.1, 0.15) is 18.2 Å². The van der Waals surface area contributed by atoms with Crippen LogP contribution < -0.4 is 14.4 Å². The number of benzene rings is 2. The van der Waals surface area contributed by atoms with Crippen LogP contribution in [0.15, 0.2) is 48.5 Å². The van der Waals surface area contributed by atoms with Crippen LogP contribution in [0.2, 0.25) is 0 Å². The van der Waals surface area contributed by atoms with Crippen LogP contribution in [0, 0.1) is 5.82 Å². The Balaban J connectivity index is 1.82. The lowest BCUT2D eigenvalue weighted by Crippen LogP contribution is -2.33. The Hall–Kier alpha value is -2.61. The fourth-order valence-corrected chi connectivity index (χ4v) is 4.01. The number of hydrogen-bond donors (Lipinski definition) is 1. The summed E-state index contributed by atoms with van der Waals surface area (Å²) in [5, 5.41) is 2.74. The molecule has 30 heavy (non-hydrogen) atoms. The fraction of sp³-hybridized carbons (Fsp3) is 0.409. The molecule has 0 aliphatic carbocycles. The molecule has 6 nitrogen and oxygen atoms in total. The van der Waals surface area contributed by atoms with Gasteiger partial charge in [-0.2, -0.15) is 0 Å². The Bertz CT molecular complexity index is 930. The average Bonchev–Trinajstić information content (AvgIpc) is 2.69. The summed E-state index contributed by atoms with van der Waals surface area (Å²) >= 11 is 0. The summed E-state index contributed by atoms with van der Waals surface area (Å²) < 4.78 is 44.3. The van der Waals surface area contributed by atoms with Crippen molar-refractivity contribution < 1.29 is 22.3 Å². The van der Waals surface area contributed by atoms with E-state index in [0.717, 1.165) is 5.56 Å². The summed E-state index contributed by atoms with van der Waals surface area (Å²) in [4.78, 5) is 12.1. The van der Waals surface area contributed by atoms with Gasteiger partial charge in [0.05, 0.1) is 18.5 Å². The number of halogens is 1. The SMILES string of the molecule is CC(C)c1ccccc1N(CCCC(=O)NCCOc1ccc(F)cc1)S(C)(=O)=O. The maximum atomic E-state index is 12.8. The third-order valence-corrected chi connectivity index (χ3v) is 5.68. The second kappa shape index (κ2) is 11.0. The van der Waals surface area contributed by atoms with Crippen LogP contribution in [0.4, 0.5) is 10.1 Å². The molecule has 0 heterocycles. The molecule has 164 valence electrons. The van der Waals surface area contributed by atoms with Crippen molar-refractivity contribution >= 4 is 21.6 Å². The van der Waals surface area contributed by atoms with E-state index in [2.05, 4.69) is 5.32 Å². The van der Waals surface area contributed by atoms with E-state index < -0.39 is 10.0 Å². The number of rotatable bonds is 11. The Kier molecular flexibility index (Phi) is 8.65. The van der Waals surface area contributed by atoms with Crippen molar-refractivity contribution in [1.29, 1.82) is 0 Å². The van der Waals surface area contributed by atoms with Crippen LogP contribution in [0.1, 0.15) is 38.2 Å². The number of sulfonamides is 1. The number of anilines is 1. The number of hydrogen-bond acceptors (Lipinski definition) is 4. The molecule has 8 heteroatoms. The van der Waals surface area contributed by atoms with Crippen LogP contribution in [0.5, 0.6) is 5.75 Å². The molecule has 1 N–H and O–H groups in total. The van der Waals surface area contributed by atoms with Gasteiger partial charge >= 0.3 is 0 Å². The highest BCUT2D eigenvalue weighted by Crippen LogP contribution is 2.29. The molecule has 0 spiro atoms. The largest absolute Gasteiger partial charge is 0.492 e. The van der Waals surface area contributed by atoms with Crippen molar-refractivity contribution in [2.24, 2.45) is 0 Å². The van der Waals surface area contributed by atoms with Gasteiger partial charge in [0, 0.05) is 13.0 Å². The molecule has 0 aliphatic rings. The van der Waals surface area contributed by atoms with E-state index in [9.17, 15) is 17.6 Å². The van der Waals surface area contributed by atoms with E-state index in [1.165, 1.54) is 34.8 Å². The smallest absolute Gasteiger partial charge is 0.232 e. The minimum atomic E-state index is -3.47. The Labute approximate surface area is 178 Å². The molecule has 0 aliphatic heterocycles. The molecule has 2 rings (SSSR count). The van der Waals surface area contributed by atoms with Gasteiger partial charge in [-0.15, -0.1) is 0 Å². The highest BCUT2D eigenvalue weighted by atomic mass is 32.2. The first-order chi connectivity index (χ1) is 14.2. The van der Waals surface area contributed by atoms with E-state index in [1.807, 2.05) is 32.0 Å². The second-order valence-corrected chi connectivity index (χ2v) is 9.21. The van der Waals surface area contributed by atoms with Crippen LogP contribution in [0.3, 0.4) is 0 Å². The summed E-state index contributed by atoms with van der Waals surface area (Å²) in [6.07, 6.45) is 1.77. The number of nitrogens with zero attached hydrogens (tertiary/aromatic N) is 1. The van der Waals surface area contributed by atoms with Crippen LogP contribution in [0.25, 0.3) is 0 Å². The fourth-order valence-electron chi connectivity index (χ4n) is 3.03. The first-order valence-corrected chi connectivity index (χ1v) is 11.7. The minimum Gasteiger partial charge on any atom is -0.492 e. The van der Waals surface area contributed by atoms with Crippen molar-refractivity contribution in [2.75, 3.05) is 30.3 Å². The van der Waals surface area contributed by atoms with Crippen LogP contribution in [-0.2, 0) is 14.8 Å². The normalized spacial score (nSPS) is 11.4. The lowest BCUT2D eigenvalue weighted by Gasteiger charge is -2.26. The van der Waals surface area contributed by atoms with Crippen molar-refractivity contribution in [2.45, 2.75) is 32.6 Å². The van der Waals surface area contributed by atoms with Crippen molar-refractivity contribution in [3.8, 4) is 5.75 Å². The molecule has 0 saturated carbocycles. The quantitative estimate of drug-likeness (QED) is 0.545. The lowest BCUT2D eigenvalue weighted by molar-refractivity contribution is -0.121. The van der Waals surface area contributed by atoms with Crippen LogP contribution in [-0.4, -0.2) is 40.3 Å². The molecule has 2 aromatic rings. The number of carbonyl (C=O) groups excluding carboxylic acids is 1. The van der Waals surface area contributed by atoms with Gasteiger partial charge < -0.3 is 10.1 Å². The Morgan fingerprint density at radius 2 is 1.80 bits per heavy atom. The monoisotopic (exact) mass is 436 g/mol. The molecule has 0 unspecified atom stereocenters. The third-order valence-electron chi connectivity index (χ3n) is 4.50. The minimum absolute atomic E-state index is 0.176. The second-order valence-electron chi connectivity index (χ2n) is 7.30. The maximum absolute atomic E-state index is 12.8. The molecule has 2 aromatic carbocycles. The molecule has 0 fully saturated rings. The van der Waals surface area contributed by atoms with Gasteiger partial charge in [0.15, 0.2) is 0 Å². The predicted molar refractivity (Wildman–Crippen MR) is 117 cm³/mol. The zero-order chi connectivity index (χ0) is 22.1. The van der Waals surface area contributed by atoms with E-state index in [4.69, 9.17) is 4.74 Å². The topological polar surface area (TPSA) is 75.7 Å². The molecule has 0 bridgehead atoms. The van der Waals surface area contributed by atoms with Gasteiger partial charge in [-0.3, -0.25) is 9.10 Å². The summed E-state index contributed by atoms with van der Waals surface area (Å²) in [6.45, 7) is 4.82. The van der Waals surface area contributed by atoms with E-state index in [1.54, 1.807) is 6.07 Å². The maximum Gasteiger partial charge on any atom is 0.232 e. The summed E-state index contributed by atoms with van der Waals surface area (Å²) in [7, 11) is -3.47. The van der Waals surface area contributed by atoms with Crippen LogP contribution >= 0.6 is 0 Å². The Morgan fingerprint density at radius 1 is 1.13 bits per heavy atom. The molecular formula is C22H29FN2O4S. The first-order valence-electron chi connectivity index (χ1n) is 9.90. The van der Waals surface area contributed by atoms with Gasteiger partial charge in [-0.1, -0.05) is 32.0 Å². The number of para-hydroxylation sites is 1. The third kappa shape index (κ3) is 7.33. The van der Waals surface area contributed by atoms with Crippen molar-refractivity contribution in [3.63, 3.8) is 0 Å². The van der Waals surface area contributed by atoms with E-state index >= 15 is 0 Å². The van der Waals surface area contributed by atoms with E-state index in [0.29, 0.717) is 24.4 Å². The molecule has 0 saturated heterocycles. The first kappa shape index (κ1) is 23.7. The number of amides is 1. The lowest BCUT2D eigenvalue weighted by atomic mass is 10.0.